The van der Waals surface area contributed by atoms with Crippen molar-refractivity contribution in [3.8, 4) is 0 Å². The van der Waals surface area contributed by atoms with E-state index in [4.69, 9.17) is 4.74 Å². The number of fused-ring (bicyclic) bond motifs is 2. The number of carbonyl (C=O) groups is 2. The number of carboxylic acids is 1. The second-order valence-electron chi connectivity index (χ2n) is 6.60. The first-order valence-electron chi connectivity index (χ1n) is 8.62. The molecule has 2 aromatic rings. The van der Waals surface area contributed by atoms with E-state index in [0.29, 0.717) is 0 Å². The fourth-order valence-electron chi connectivity index (χ4n) is 3.80. The summed E-state index contributed by atoms with van der Waals surface area (Å²) in [6.07, 6.45) is 2.52. The molecule has 2 bridgehead atoms. The van der Waals surface area contributed by atoms with Gasteiger partial charge in [-0.05, 0) is 11.1 Å². The molecule has 2 N–H and O–H groups in total. The Morgan fingerprint density at radius 1 is 0.846 bits per heavy atom. The topological polar surface area (TPSA) is 75.6 Å². The quantitative estimate of drug-likeness (QED) is 0.814. The minimum absolute atomic E-state index is 0.299. The Morgan fingerprint density at radius 3 is 1.85 bits per heavy atom. The SMILES string of the molecule is O=C(NC(c1ccccc1)c1ccccc1)[C@@H]1[C@H](C(=O)O)[C@H]2C=C[C@H]1O2. The molecule has 2 aliphatic heterocycles. The van der Waals surface area contributed by atoms with Crippen molar-refractivity contribution in [1.29, 1.82) is 0 Å². The Bertz CT molecular complexity index is 794. The summed E-state index contributed by atoms with van der Waals surface area (Å²) in [7, 11) is 0. The third-order valence-corrected chi connectivity index (χ3v) is 5.04. The van der Waals surface area contributed by atoms with Crippen molar-refractivity contribution < 1.29 is 19.4 Å². The number of carboxylic acid groups (broad SMARTS) is 1. The zero-order chi connectivity index (χ0) is 18.1. The summed E-state index contributed by atoms with van der Waals surface area (Å²) in [5.74, 6) is -2.88. The number of rotatable bonds is 5. The van der Waals surface area contributed by atoms with Gasteiger partial charge in [-0.2, -0.15) is 0 Å². The van der Waals surface area contributed by atoms with Crippen LogP contribution in [0.2, 0.25) is 0 Å². The molecule has 4 rings (SSSR count). The van der Waals surface area contributed by atoms with Gasteiger partial charge in [0.15, 0.2) is 0 Å². The number of nitrogens with one attached hydrogen (secondary N) is 1. The van der Waals surface area contributed by atoms with Crippen molar-refractivity contribution in [2.24, 2.45) is 11.8 Å². The molecule has 0 radical (unpaired) electrons. The lowest BCUT2D eigenvalue weighted by atomic mass is 9.82. The van der Waals surface area contributed by atoms with E-state index in [-0.39, 0.29) is 11.9 Å². The lowest BCUT2D eigenvalue weighted by Crippen LogP contribution is -2.43. The monoisotopic (exact) mass is 349 g/mol. The predicted molar refractivity (Wildman–Crippen MR) is 95.3 cm³/mol. The van der Waals surface area contributed by atoms with Crippen LogP contribution in [0.5, 0.6) is 0 Å². The first-order chi connectivity index (χ1) is 12.6. The Balaban J connectivity index is 1.63. The molecule has 2 heterocycles. The van der Waals surface area contributed by atoms with Crippen LogP contribution in [0.25, 0.3) is 0 Å². The highest BCUT2D eigenvalue weighted by atomic mass is 16.5. The molecule has 0 aromatic heterocycles. The third kappa shape index (κ3) is 2.91. The van der Waals surface area contributed by atoms with E-state index in [2.05, 4.69) is 5.32 Å². The lowest BCUT2D eigenvalue weighted by Gasteiger charge is -2.25. The highest BCUT2D eigenvalue weighted by Gasteiger charge is 2.53. The van der Waals surface area contributed by atoms with Gasteiger partial charge in [0.25, 0.3) is 0 Å². The van der Waals surface area contributed by atoms with Crippen LogP contribution in [0.4, 0.5) is 0 Å². The van der Waals surface area contributed by atoms with Crippen LogP contribution in [0.15, 0.2) is 72.8 Å². The van der Waals surface area contributed by atoms with Gasteiger partial charge in [-0.1, -0.05) is 72.8 Å². The molecule has 1 amide bonds. The minimum atomic E-state index is -1.00. The molecule has 5 heteroatoms. The summed E-state index contributed by atoms with van der Waals surface area (Å²) in [4.78, 5) is 24.7. The predicted octanol–water partition coefficient (Wildman–Crippen LogP) is 2.55. The zero-order valence-corrected chi connectivity index (χ0v) is 14.0. The molecule has 4 atom stereocenters. The summed E-state index contributed by atoms with van der Waals surface area (Å²) in [5.41, 5.74) is 1.89. The number of amides is 1. The molecular formula is C21H19NO4. The van der Waals surface area contributed by atoms with Gasteiger partial charge in [0.1, 0.15) is 5.92 Å². The molecule has 132 valence electrons. The molecule has 2 aromatic carbocycles. The molecule has 0 unspecified atom stereocenters. The van der Waals surface area contributed by atoms with Crippen LogP contribution in [-0.4, -0.2) is 29.2 Å². The van der Waals surface area contributed by atoms with Crippen molar-refractivity contribution >= 4 is 11.9 Å². The standard InChI is InChI=1S/C21H19NO4/c23-20(17-15-11-12-16(26-15)18(17)21(24)25)22-19(13-7-3-1-4-8-13)14-9-5-2-6-10-14/h1-12,15-19H,(H,22,23)(H,24,25)/t15-,16-,17+,18-/m1/s1. The van der Waals surface area contributed by atoms with Gasteiger partial charge in [-0.15, -0.1) is 0 Å². The smallest absolute Gasteiger partial charge is 0.310 e. The summed E-state index contributed by atoms with van der Waals surface area (Å²) in [6, 6.07) is 19.0. The molecule has 0 aliphatic carbocycles. The van der Waals surface area contributed by atoms with Gasteiger partial charge in [0.2, 0.25) is 5.91 Å². The minimum Gasteiger partial charge on any atom is -0.481 e. The van der Waals surface area contributed by atoms with Crippen LogP contribution in [0.1, 0.15) is 17.2 Å². The first kappa shape index (κ1) is 16.5. The molecule has 0 spiro atoms. The van der Waals surface area contributed by atoms with Crippen molar-refractivity contribution in [1.82, 2.24) is 5.32 Å². The molecule has 1 fully saturated rings. The van der Waals surface area contributed by atoms with E-state index in [9.17, 15) is 14.7 Å². The molecular weight excluding hydrogens is 330 g/mol. The van der Waals surface area contributed by atoms with Crippen LogP contribution in [0, 0.1) is 11.8 Å². The second kappa shape index (κ2) is 6.77. The number of ether oxygens (including phenoxy) is 1. The van der Waals surface area contributed by atoms with Crippen molar-refractivity contribution in [2.75, 3.05) is 0 Å². The van der Waals surface area contributed by atoms with E-state index in [1.807, 2.05) is 60.7 Å². The maximum absolute atomic E-state index is 13.0. The normalized spacial score (nSPS) is 26.2. The molecule has 0 saturated carbocycles. The third-order valence-electron chi connectivity index (χ3n) is 5.04. The largest absolute Gasteiger partial charge is 0.481 e. The Hall–Kier alpha value is -2.92. The molecule has 1 saturated heterocycles. The second-order valence-corrected chi connectivity index (χ2v) is 6.60. The van der Waals surface area contributed by atoms with Crippen molar-refractivity contribution in [3.05, 3.63) is 83.9 Å². The number of hydrogen-bond acceptors (Lipinski definition) is 3. The van der Waals surface area contributed by atoms with E-state index >= 15 is 0 Å². The number of hydrogen-bond donors (Lipinski definition) is 2. The summed E-state index contributed by atoms with van der Waals surface area (Å²) in [5, 5.41) is 12.6. The summed E-state index contributed by atoms with van der Waals surface area (Å²) >= 11 is 0. The molecule has 5 nitrogen and oxygen atoms in total. The van der Waals surface area contributed by atoms with Gasteiger partial charge < -0.3 is 15.2 Å². The Kier molecular flexibility index (Phi) is 4.31. The van der Waals surface area contributed by atoms with Gasteiger partial charge in [-0.25, -0.2) is 0 Å². The van der Waals surface area contributed by atoms with Crippen LogP contribution >= 0.6 is 0 Å². The van der Waals surface area contributed by atoms with Crippen LogP contribution in [0.3, 0.4) is 0 Å². The Morgan fingerprint density at radius 2 is 1.35 bits per heavy atom. The zero-order valence-electron chi connectivity index (χ0n) is 14.0. The maximum Gasteiger partial charge on any atom is 0.310 e. The lowest BCUT2D eigenvalue weighted by molar-refractivity contribution is -0.146. The Labute approximate surface area is 151 Å². The van der Waals surface area contributed by atoms with Crippen molar-refractivity contribution in [3.63, 3.8) is 0 Å². The van der Waals surface area contributed by atoms with Gasteiger partial charge in [0.05, 0.1) is 24.2 Å². The highest BCUT2D eigenvalue weighted by Crippen LogP contribution is 2.40. The number of carbonyl (C=O) groups excluding carboxylic acids is 1. The van der Waals surface area contributed by atoms with Crippen LogP contribution in [-0.2, 0) is 14.3 Å². The van der Waals surface area contributed by atoms with Gasteiger partial charge in [-0.3, -0.25) is 9.59 Å². The highest BCUT2D eigenvalue weighted by molar-refractivity contribution is 5.87. The maximum atomic E-state index is 13.0. The van der Waals surface area contributed by atoms with Crippen molar-refractivity contribution in [2.45, 2.75) is 18.2 Å². The van der Waals surface area contributed by atoms with E-state index in [0.717, 1.165) is 11.1 Å². The van der Waals surface area contributed by atoms with E-state index in [1.54, 1.807) is 12.2 Å². The molecule has 26 heavy (non-hydrogen) atoms. The van der Waals surface area contributed by atoms with E-state index in [1.165, 1.54) is 0 Å². The number of benzene rings is 2. The van der Waals surface area contributed by atoms with Crippen LogP contribution < -0.4 is 5.32 Å². The molecule has 2 aliphatic rings. The fourth-order valence-corrected chi connectivity index (χ4v) is 3.80. The number of aliphatic carboxylic acids is 1. The first-order valence-corrected chi connectivity index (χ1v) is 8.62. The summed E-state index contributed by atoms with van der Waals surface area (Å²) < 4.78 is 5.62. The van der Waals surface area contributed by atoms with Gasteiger partial charge >= 0.3 is 5.97 Å². The average molecular weight is 349 g/mol. The van der Waals surface area contributed by atoms with E-state index < -0.39 is 30.0 Å². The summed E-state index contributed by atoms with van der Waals surface area (Å²) in [6.45, 7) is 0. The fraction of sp³-hybridized carbons (Fsp3) is 0.238. The van der Waals surface area contributed by atoms with Gasteiger partial charge in [0, 0.05) is 0 Å². The average Bonchev–Trinajstić information content (AvgIpc) is 3.29.